The SMILES string of the molecule is FCN(F)C1CCCCC1. The molecular weight excluding hydrogens is 136 g/mol. The van der Waals surface area contributed by atoms with Crippen molar-refractivity contribution >= 4 is 0 Å². The van der Waals surface area contributed by atoms with Crippen LogP contribution < -0.4 is 0 Å². The Kier molecular flexibility index (Phi) is 3.06. The van der Waals surface area contributed by atoms with Crippen LogP contribution in [0, 0.1) is 0 Å². The fourth-order valence-corrected chi connectivity index (χ4v) is 1.46. The molecule has 60 valence electrons. The molecular formula is C7H13F2N. The van der Waals surface area contributed by atoms with Gasteiger partial charge in [-0.1, -0.05) is 19.3 Å². The minimum absolute atomic E-state index is 0.140. The molecule has 0 unspecified atom stereocenters. The Morgan fingerprint density at radius 1 is 1.20 bits per heavy atom. The van der Waals surface area contributed by atoms with Gasteiger partial charge in [-0.2, -0.15) is 0 Å². The molecule has 0 N–H and O–H groups in total. The lowest BCUT2D eigenvalue weighted by atomic mass is 9.96. The Balaban J connectivity index is 2.24. The standard InChI is InChI=1S/C7H13F2N/c8-6-10(9)7-4-2-1-3-5-7/h7H,1-6H2. The molecule has 1 aliphatic carbocycles. The Morgan fingerprint density at radius 2 is 1.80 bits per heavy atom. The van der Waals surface area contributed by atoms with E-state index in [0.717, 1.165) is 25.7 Å². The molecule has 1 nitrogen and oxygen atoms in total. The van der Waals surface area contributed by atoms with Crippen molar-refractivity contribution in [2.45, 2.75) is 38.1 Å². The number of nitrogens with zero attached hydrogens (tertiary/aromatic N) is 1. The van der Waals surface area contributed by atoms with Crippen molar-refractivity contribution in [3.05, 3.63) is 0 Å². The molecule has 3 heteroatoms. The van der Waals surface area contributed by atoms with Crippen LogP contribution in [0.4, 0.5) is 8.87 Å². The maximum Gasteiger partial charge on any atom is 0.170 e. The topological polar surface area (TPSA) is 3.24 Å². The van der Waals surface area contributed by atoms with Crippen molar-refractivity contribution in [3.63, 3.8) is 0 Å². The highest BCUT2D eigenvalue weighted by atomic mass is 19.2. The van der Waals surface area contributed by atoms with Gasteiger partial charge in [0.2, 0.25) is 0 Å². The Bertz CT molecular complexity index is 91.6. The predicted molar refractivity (Wildman–Crippen MR) is 35.8 cm³/mol. The molecule has 1 rings (SSSR count). The second-order valence-electron chi connectivity index (χ2n) is 2.81. The lowest BCUT2D eigenvalue weighted by Crippen LogP contribution is -2.29. The molecule has 0 amide bonds. The quantitative estimate of drug-likeness (QED) is 0.430. The third-order valence-electron chi connectivity index (χ3n) is 2.09. The summed E-state index contributed by atoms with van der Waals surface area (Å²) in [6.07, 6.45) is 4.91. The fourth-order valence-electron chi connectivity index (χ4n) is 1.46. The molecule has 10 heavy (non-hydrogen) atoms. The van der Waals surface area contributed by atoms with Crippen LogP contribution >= 0.6 is 0 Å². The van der Waals surface area contributed by atoms with Crippen LogP contribution in [0.15, 0.2) is 0 Å². The molecule has 0 aromatic carbocycles. The molecule has 0 atom stereocenters. The van der Waals surface area contributed by atoms with E-state index < -0.39 is 6.80 Å². The average Bonchev–Trinajstić information content (AvgIpc) is 2.05. The zero-order chi connectivity index (χ0) is 7.40. The van der Waals surface area contributed by atoms with Crippen molar-refractivity contribution in [3.8, 4) is 0 Å². The summed E-state index contributed by atoms with van der Waals surface area (Å²) in [5.41, 5.74) is 0. The van der Waals surface area contributed by atoms with Crippen LogP contribution in [0.3, 0.4) is 0 Å². The summed E-state index contributed by atoms with van der Waals surface area (Å²) in [7, 11) is 0. The maximum absolute atomic E-state index is 12.5. The first kappa shape index (κ1) is 7.92. The van der Waals surface area contributed by atoms with Gasteiger partial charge < -0.3 is 0 Å². The summed E-state index contributed by atoms with van der Waals surface area (Å²) in [5, 5.41) is 0.319. The zero-order valence-corrected chi connectivity index (χ0v) is 6.02. The Hall–Kier alpha value is -0.180. The van der Waals surface area contributed by atoms with Crippen LogP contribution in [-0.4, -0.2) is 18.0 Å². The molecule has 1 saturated carbocycles. The summed E-state index contributed by atoms with van der Waals surface area (Å²) in [6.45, 7) is -0.954. The molecule has 0 bridgehead atoms. The minimum Gasteiger partial charge on any atom is -0.231 e. The number of hydrogen-bond acceptors (Lipinski definition) is 1. The van der Waals surface area contributed by atoms with E-state index in [1.54, 1.807) is 0 Å². The largest absolute Gasteiger partial charge is 0.231 e. The zero-order valence-electron chi connectivity index (χ0n) is 6.02. The van der Waals surface area contributed by atoms with Crippen molar-refractivity contribution < 1.29 is 8.87 Å². The summed E-state index contributed by atoms with van der Waals surface area (Å²) < 4.78 is 24.2. The maximum atomic E-state index is 12.5. The first-order valence-corrected chi connectivity index (χ1v) is 3.83. The first-order chi connectivity index (χ1) is 4.84. The van der Waals surface area contributed by atoms with Gasteiger partial charge >= 0.3 is 0 Å². The van der Waals surface area contributed by atoms with Crippen molar-refractivity contribution in [1.82, 2.24) is 5.12 Å². The van der Waals surface area contributed by atoms with Gasteiger partial charge in [0.25, 0.3) is 0 Å². The monoisotopic (exact) mass is 149 g/mol. The van der Waals surface area contributed by atoms with Crippen molar-refractivity contribution in [1.29, 1.82) is 0 Å². The van der Waals surface area contributed by atoms with E-state index in [2.05, 4.69) is 0 Å². The molecule has 0 spiro atoms. The fraction of sp³-hybridized carbons (Fsp3) is 1.00. The summed E-state index contributed by atoms with van der Waals surface area (Å²) in [6, 6.07) is -0.140. The van der Waals surface area contributed by atoms with E-state index in [0.29, 0.717) is 5.12 Å². The summed E-state index contributed by atoms with van der Waals surface area (Å²) in [4.78, 5) is 0. The highest BCUT2D eigenvalue weighted by molar-refractivity contribution is 4.69. The van der Waals surface area contributed by atoms with E-state index in [1.807, 2.05) is 0 Å². The van der Waals surface area contributed by atoms with E-state index >= 15 is 0 Å². The highest BCUT2D eigenvalue weighted by Crippen LogP contribution is 2.22. The first-order valence-electron chi connectivity index (χ1n) is 3.83. The highest BCUT2D eigenvalue weighted by Gasteiger charge is 2.20. The summed E-state index contributed by atoms with van der Waals surface area (Å²) in [5.74, 6) is 0. The number of halogens is 2. The van der Waals surface area contributed by atoms with Gasteiger partial charge in [0.15, 0.2) is 6.80 Å². The van der Waals surface area contributed by atoms with E-state index in [1.165, 1.54) is 6.42 Å². The van der Waals surface area contributed by atoms with Crippen LogP contribution in [0.1, 0.15) is 32.1 Å². The summed E-state index contributed by atoms with van der Waals surface area (Å²) >= 11 is 0. The third-order valence-corrected chi connectivity index (χ3v) is 2.09. The van der Waals surface area contributed by atoms with Crippen molar-refractivity contribution in [2.24, 2.45) is 0 Å². The molecule has 0 aromatic rings. The Labute approximate surface area is 59.9 Å². The van der Waals surface area contributed by atoms with Gasteiger partial charge in [-0.15, -0.1) is 9.60 Å². The molecule has 0 aliphatic heterocycles. The minimum atomic E-state index is -0.954. The lowest BCUT2D eigenvalue weighted by molar-refractivity contribution is -0.0688. The second kappa shape index (κ2) is 3.86. The molecule has 0 heterocycles. The predicted octanol–water partition coefficient (Wildman–Crippen LogP) is 2.43. The molecule has 0 aromatic heterocycles. The van der Waals surface area contributed by atoms with Crippen LogP contribution in [0.25, 0.3) is 0 Å². The lowest BCUT2D eigenvalue weighted by Gasteiger charge is -2.24. The van der Waals surface area contributed by atoms with Crippen LogP contribution in [-0.2, 0) is 0 Å². The number of alkyl halides is 1. The number of hydrogen-bond donors (Lipinski definition) is 0. The average molecular weight is 149 g/mol. The van der Waals surface area contributed by atoms with Crippen LogP contribution in [0.2, 0.25) is 0 Å². The smallest absolute Gasteiger partial charge is 0.170 e. The number of rotatable bonds is 2. The van der Waals surface area contributed by atoms with E-state index in [9.17, 15) is 8.87 Å². The Morgan fingerprint density at radius 3 is 2.30 bits per heavy atom. The molecule has 0 radical (unpaired) electrons. The van der Waals surface area contributed by atoms with Gasteiger partial charge in [0.1, 0.15) is 0 Å². The van der Waals surface area contributed by atoms with Gasteiger partial charge in [-0.25, -0.2) is 4.39 Å². The van der Waals surface area contributed by atoms with Gasteiger partial charge in [0.05, 0.1) is 0 Å². The van der Waals surface area contributed by atoms with Gasteiger partial charge in [-0.05, 0) is 12.8 Å². The molecule has 1 fully saturated rings. The van der Waals surface area contributed by atoms with E-state index in [-0.39, 0.29) is 6.04 Å². The van der Waals surface area contributed by atoms with Gasteiger partial charge in [0, 0.05) is 6.04 Å². The van der Waals surface area contributed by atoms with E-state index in [4.69, 9.17) is 0 Å². The second-order valence-corrected chi connectivity index (χ2v) is 2.81. The van der Waals surface area contributed by atoms with Gasteiger partial charge in [-0.3, -0.25) is 0 Å². The van der Waals surface area contributed by atoms with Crippen molar-refractivity contribution in [2.75, 3.05) is 6.80 Å². The third kappa shape index (κ3) is 1.90. The molecule has 0 saturated heterocycles. The van der Waals surface area contributed by atoms with Crippen LogP contribution in [0.5, 0.6) is 0 Å². The molecule has 1 aliphatic rings. The normalized spacial score (nSPS) is 21.9.